The standard InChI is InChI=1S/C15H26NO3/c1-8-13(17)11-16(7,15(4,5)6)9-10-19-14(18)12(2)3/h8H,1-2,9-11H2,3-7H3/q+1. The summed E-state index contributed by atoms with van der Waals surface area (Å²) in [5.74, 6) is -0.404. The van der Waals surface area contributed by atoms with Crippen LogP contribution in [0.3, 0.4) is 0 Å². The van der Waals surface area contributed by atoms with Crippen LogP contribution in [0.25, 0.3) is 0 Å². The maximum Gasteiger partial charge on any atom is 0.333 e. The third-order valence-electron chi connectivity index (χ3n) is 3.52. The van der Waals surface area contributed by atoms with E-state index < -0.39 is 5.97 Å². The molecule has 0 amide bonds. The van der Waals surface area contributed by atoms with E-state index in [4.69, 9.17) is 4.74 Å². The Bertz CT molecular complexity index is 379. The summed E-state index contributed by atoms with van der Waals surface area (Å²) >= 11 is 0. The van der Waals surface area contributed by atoms with Crippen LogP contribution in [-0.4, -0.2) is 48.5 Å². The number of ketones is 1. The number of rotatable bonds is 7. The van der Waals surface area contributed by atoms with Gasteiger partial charge in [0.1, 0.15) is 19.7 Å². The number of ether oxygens (including phenoxy) is 1. The molecule has 1 atom stereocenters. The van der Waals surface area contributed by atoms with E-state index in [0.29, 0.717) is 23.1 Å². The van der Waals surface area contributed by atoms with Crippen molar-refractivity contribution < 1.29 is 18.8 Å². The van der Waals surface area contributed by atoms with E-state index in [1.165, 1.54) is 6.08 Å². The smallest absolute Gasteiger partial charge is 0.333 e. The highest BCUT2D eigenvalue weighted by Crippen LogP contribution is 2.21. The number of likely N-dealkylation sites (N-methyl/N-ethyl adjacent to an activating group) is 1. The van der Waals surface area contributed by atoms with E-state index >= 15 is 0 Å². The maximum atomic E-state index is 11.6. The molecule has 1 unspecified atom stereocenters. The molecule has 0 saturated heterocycles. The zero-order valence-electron chi connectivity index (χ0n) is 12.8. The van der Waals surface area contributed by atoms with Crippen LogP contribution in [0.4, 0.5) is 0 Å². The van der Waals surface area contributed by atoms with Gasteiger partial charge >= 0.3 is 5.97 Å². The molecule has 0 N–H and O–H groups in total. The highest BCUT2D eigenvalue weighted by atomic mass is 16.5. The van der Waals surface area contributed by atoms with Gasteiger partial charge in [0.05, 0.1) is 12.6 Å². The molecular formula is C15H26NO3+. The maximum absolute atomic E-state index is 11.6. The van der Waals surface area contributed by atoms with Gasteiger partial charge in [-0.05, 0) is 33.8 Å². The Morgan fingerprint density at radius 3 is 2.21 bits per heavy atom. The van der Waals surface area contributed by atoms with E-state index in [1.807, 2.05) is 7.05 Å². The zero-order valence-corrected chi connectivity index (χ0v) is 12.8. The predicted octanol–water partition coefficient (Wildman–Crippen LogP) is 2.11. The summed E-state index contributed by atoms with van der Waals surface area (Å²) in [6, 6.07) is 0. The Hall–Kier alpha value is -1.42. The minimum atomic E-state index is -0.393. The average Bonchev–Trinajstić information content (AvgIpc) is 2.26. The van der Waals surface area contributed by atoms with Gasteiger partial charge in [-0.15, -0.1) is 0 Å². The molecule has 0 aromatic carbocycles. The minimum absolute atomic E-state index is 0.0105. The summed E-state index contributed by atoms with van der Waals surface area (Å²) in [5, 5.41) is 0. The van der Waals surface area contributed by atoms with Gasteiger partial charge in [0, 0.05) is 5.57 Å². The fourth-order valence-electron chi connectivity index (χ4n) is 1.52. The molecule has 0 radical (unpaired) electrons. The summed E-state index contributed by atoms with van der Waals surface area (Å²) in [6.07, 6.45) is 1.34. The summed E-state index contributed by atoms with van der Waals surface area (Å²) in [6.45, 7) is 16.0. The molecule has 19 heavy (non-hydrogen) atoms. The fraction of sp³-hybridized carbons (Fsp3) is 0.600. The van der Waals surface area contributed by atoms with Gasteiger partial charge in [0.2, 0.25) is 5.78 Å². The lowest BCUT2D eigenvalue weighted by molar-refractivity contribution is -0.946. The largest absolute Gasteiger partial charge is 0.456 e. The van der Waals surface area contributed by atoms with Crippen molar-refractivity contribution in [2.45, 2.75) is 33.2 Å². The molecule has 0 rings (SSSR count). The number of quaternary nitrogens is 1. The Morgan fingerprint density at radius 1 is 1.32 bits per heavy atom. The lowest BCUT2D eigenvalue weighted by Gasteiger charge is -2.45. The molecular weight excluding hydrogens is 242 g/mol. The summed E-state index contributed by atoms with van der Waals surface area (Å²) in [4.78, 5) is 23.0. The number of hydrogen-bond donors (Lipinski definition) is 0. The summed E-state index contributed by atoms with van der Waals surface area (Å²) < 4.78 is 5.61. The van der Waals surface area contributed by atoms with Gasteiger partial charge in [-0.1, -0.05) is 13.2 Å². The first kappa shape index (κ1) is 17.6. The molecule has 0 aliphatic heterocycles. The molecule has 0 aromatic rings. The number of carbonyl (C=O) groups is 2. The van der Waals surface area contributed by atoms with Crippen LogP contribution in [0.5, 0.6) is 0 Å². The van der Waals surface area contributed by atoms with Crippen LogP contribution in [0.2, 0.25) is 0 Å². The lowest BCUT2D eigenvalue weighted by Crippen LogP contribution is -2.60. The van der Waals surface area contributed by atoms with Crippen molar-refractivity contribution in [1.29, 1.82) is 0 Å². The third-order valence-corrected chi connectivity index (χ3v) is 3.52. The molecule has 0 bridgehead atoms. The molecule has 0 aromatic heterocycles. The SMILES string of the molecule is C=CC(=O)C[N+](C)(CCOC(=O)C(=C)C)C(C)(C)C. The van der Waals surface area contributed by atoms with Gasteiger partial charge in [0.25, 0.3) is 0 Å². The summed E-state index contributed by atoms with van der Waals surface area (Å²) in [5.41, 5.74) is 0.251. The molecule has 0 fully saturated rings. The fourth-order valence-corrected chi connectivity index (χ4v) is 1.52. The molecule has 0 spiro atoms. The molecule has 0 heterocycles. The van der Waals surface area contributed by atoms with Crippen LogP contribution in [0.1, 0.15) is 27.7 Å². The van der Waals surface area contributed by atoms with Crippen molar-refractivity contribution >= 4 is 11.8 Å². The topological polar surface area (TPSA) is 43.4 Å². The Morgan fingerprint density at radius 2 is 1.84 bits per heavy atom. The van der Waals surface area contributed by atoms with Gasteiger partial charge in [-0.2, -0.15) is 0 Å². The normalized spacial score (nSPS) is 14.4. The lowest BCUT2D eigenvalue weighted by atomic mass is 10.0. The monoisotopic (exact) mass is 268 g/mol. The van der Waals surface area contributed by atoms with E-state index in [0.717, 1.165) is 0 Å². The molecule has 0 aliphatic rings. The van der Waals surface area contributed by atoms with Crippen molar-refractivity contribution in [3.05, 3.63) is 24.8 Å². The predicted molar refractivity (Wildman–Crippen MR) is 76.6 cm³/mol. The first-order valence-corrected chi connectivity index (χ1v) is 6.36. The first-order chi connectivity index (χ1) is 8.53. The number of nitrogens with zero attached hydrogens (tertiary/aromatic N) is 1. The Kier molecular flexibility index (Phi) is 6.16. The van der Waals surface area contributed by atoms with E-state index in [9.17, 15) is 9.59 Å². The van der Waals surface area contributed by atoms with Crippen molar-refractivity contribution in [2.24, 2.45) is 0 Å². The second-order valence-corrected chi connectivity index (χ2v) is 6.04. The zero-order chi connectivity index (χ0) is 15.3. The van der Waals surface area contributed by atoms with Crippen LogP contribution < -0.4 is 0 Å². The molecule has 4 heteroatoms. The molecule has 0 aliphatic carbocycles. The van der Waals surface area contributed by atoms with E-state index in [-0.39, 0.29) is 17.9 Å². The van der Waals surface area contributed by atoms with Crippen LogP contribution in [-0.2, 0) is 14.3 Å². The van der Waals surface area contributed by atoms with Gasteiger partial charge in [0.15, 0.2) is 0 Å². The third kappa shape index (κ3) is 5.39. The second-order valence-electron chi connectivity index (χ2n) is 6.04. The molecule has 4 nitrogen and oxygen atoms in total. The van der Waals surface area contributed by atoms with Crippen molar-refractivity contribution in [2.75, 3.05) is 26.7 Å². The molecule has 0 saturated carbocycles. The highest BCUT2D eigenvalue weighted by Gasteiger charge is 2.37. The first-order valence-electron chi connectivity index (χ1n) is 6.36. The minimum Gasteiger partial charge on any atom is -0.456 e. The van der Waals surface area contributed by atoms with Crippen LogP contribution >= 0.6 is 0 Å². The van der Waals surface area contributed by atoms with Crippen LogP contribution in [0.15, 0.2) is 24.8 Å². The van der Waals surface area contributed by atoms with Crippen molar-refractivity contribution in [1.82, 2.24) is 0 Å². The molecule has 108 valence electrons. The summed E-state index contributed by atoms with van der Waals surface area (Å²) in [7, 11) is 1.98. The van der Waals surface area contributed by atoms with Gasteiger partial charge < -0.3 is 9.22 Å². The second kappa shape index (κ2) is 6.66. The Labute approximate surface area is 116 Å². The quantitative estimate of drug-likeness (QED) is 0.403. The van der Waals surface area contributed by atoms with E-state index in [1.54, 1.807) is 6.92 Å². The van der Waals surface area contributed by atoms with Crippen molar-refractivity contribution in [3.63, 3.8) is 0 Å². The van der Waals surface area contributed by atoms with Crippen molar-refractivity contribution in [3.8, 4) is 0 Å². The van der Waals surface area contributed by atoms with Gasteiger partial charge in [-0.25, -0.2) is 4.79 Å². The average molecular weight is 268 g/mol. The number of hydrogen-bond acceptors (Lipinski definition) is 3. The van der Waals surface area contributed by atoms with E-state index in [2.05, 4.69) is 33.9 Å². The van der Waals surface area contributed by atoms with Crippen LogP contribution in [0, 0.1) is 0 Å². The van der Waals surface area contributed by atoms with Gasteiger partial charge in [-0.3, -0.25) is 4.79 Å². The Balaban J connectivity index is 4.71. The highest BCUT2D eigenvalue weighted by molar-refractivity contribution is 5.90. The number of carbonyl (C=O) groups excluding carboxylic acids is 2. The number of esters is 1.